The molecular formula is C22H23N5OS2. The van der Waals surface area contributed by atoms with Gasteiger partial charge in [-0.3, -0.25) is 4.98 Å². The average molecular weight is 438 g/mol. The number of thiocarbonyl (C=S) groups is 1. The van der Waals surface area contributed by atoms with Crippen molar-refractivity contribution in [1.82, 2.24) is 9.99 Å². The van der Waals surface area contributed by atoms with E-state index in [1.807, 2.05) is 47.6 Å². The molecule has 0 spiro atoms. The van der Waals surface area contributed by atoms with Crippen LogP contribution in [0.15, 0.2) is 53.9 Å². The molecule has 30 heavy (non-hydrogen) atoms. The summed E-state index contributed by atoms with van der Waals surface area (Å²) in [4.78, 5) is 5.43. The second-order valence-corrected chi connectivity index (χ2v) is 8.79. The van der Waals surface area contributed by atoms with Crippen LogP contribution in [0.1, 0.15) is 34.1 Å². The Labute approximate surface area is 185 Å². The van der Waals surface area contributed by atoms with Gasteiger partial charge in [-0.25, -0.2) is 5.01 Å². The summed E-state index contributed by atoms with van der Waals surface area (Å²) < 4.78 is 0. The molecule has 3 N–H and O–H groups in total. The lowest BCUT2D eigenvalue weighted by Gasteiger charge is -2.19. The number of thiophene rings is 1. The number of nitrogens with zero attached hydrogens (tertiary/aromatic N) is 3. The highest BCUT2D eigenvalue weighted by atomic mass is 32.1. The van der Waals surface area contributed by atoms with Gasteiger partial charge in [-0.05, 0) is 62.3 Å². The molecule has 0 radical (unpaired) electrons. The first-order valence-corrected chi connectivity index (χ1v) is 10.9. The molecule has 0 amide bonds. The van der Waals surface area contributed by atoms with Crippen LogP contribution < -0.4 is 10.6 Å². The normalized spacial score (nSPS) is 14.5. The van der Waals surface area contributed by atoms with Crippen molar-refractivity contribution in [2.24, 2.45) is 5.10 Å². The van der Waals surface area contributed by atoms with Gasteiger partial charge in [-0.1, -0.05) is 18.2 Å². The highest BCUT2D eigenvalue weighted by molar-refractivity contribution is 7.80. The quantitative estimate of drug-likeness (QED) is 0.404. The molecule has 6 nitrogen and oxygen atoms in total. The van der Waals surface area contributed by atoms with Gasteiger partial charge in [0.15, 0.2) is 5.11 Å². The van der Waals surface area contributed by atoms with Crippen LogP contribution in [0.3, 0.4) is 0 Å². The van der Waals surface area contributed by atoms with Gasteiger partial charge >= 0.3 is 0 Å². The van der Waals surface area contributed by atoms with Crippen molar-refractivity contribution in [3.8, 4) is 0 Å². The van der Waals surface area contributed by atoms with Crippen molar-refractivity contribution < 1.29 is 5.11 Å². The maximum Gasteiger partial charge on any atom is 0.195 e. The Balaban J connectivity index is 1.78. The Bertz CT molecular complexity index is 1090. The SMILES string of the molecule is Cc1sc2c(c1C)C(c1ccc(NC(C)O)cc1)=NN(Cc1cccnc1)C(=S)N2. The number of fused-ring (bicyclic) bond motifs is 1. The summed E-state index contributed by atoms with van der Waals surface area (Å²) in [5.74, 6) is 0. The Morgan fingerprint density at radius 3 is 2.67 bits per heavy atom. The third-order valence-electron chi connectivity index (χ3n) is 4.89. The Morgan fingerprint density at radius 1 is 1.23 bits per heavy atom. The van der Waals surface area contributed by atoms with Gasteiger partial charge in [-0.2, -0.15) is 5.10 Å². The number of rotatable bonds is 5. The van der Waals surface area contributed by atoms with Crippen LogP contribution in [0.2, 0.25) is 0 Å². The van der Waals surface area contributed by atoms with Crippen molar-refractivity contribution in [3.05, 3.63) is 75.9 Å². The van der Waals surface area contributed by atoms with Crippen LogP contribution in [-0.2, 0) is 6.54 Å². The molecule has 154 valence electrons. The predicted octanol–water partition coefficient (Wildman–Crippen LogP) is 4.48. The summed E-state index contributed by atoms with van der Waals surface area (Å²) in [5.41, 5.74) is 5.99. The highest BCUT2D eigenvalue weighted by Gasteiger charge is 2.26. The summed E-state index contributed by atoms with van der Waals surface area (Å²) in [6, 6.07) is 11.8. The number of aliphatic hydroxyl groups excluding tert-OH is 1. The molecule has 1 atom stereocenters. The number of benzene rings is 1. The van der Waals surface area contributed by atoms with E-state index in [1.165, 1.54) is 10.4 Å². The van der Waals surface area contributed by atoms with E-state index in [-0.39, 0.29) is 0 Å². The number of hydrogen-bond acceptors (Lipinski definition) is 6. The molecule has 3 aromatic rings. The van der Waals surface area contributed by atoms with E-state index < -0.39 is 6.23 Å². The lowest BCUT2D eigenvalue weighted by atomic mass is 10.00. The number of aryl methyl sites for hydroxylation is 1. The van der Waals surface area contributed by atoms with Gasteiger partial charge in [0.1, 0.15) is 16.9 Å². The maximum atomic E-state index is 9.57. The molecule has 0 saturated carbocycles. The Hall–Kier alpha value is -2.81. The minimum atomic E-state index is -0.615. The first kappa shape index (κ1) is 20.5. The number of aliphatic hydroxyl groups is 1. The maximum absolute atomic E-state index is 9.57. The van der Waals surface area contributed by atoms with E-state index in [0.29, 0.717) is 11.7 Å². The number of anilines is 2. The van der Waals surface area contributed by atoms with Gasteiger partial charge in [-0.15, -0.1) is 11.3 Å². The molecule has 0 bridgehead atoms. The molecule has 1 aromatic carbocycles. The van der Waals surface area contributed by atoms with Crippen molar-refractivity contribution >= 4 is 45.1 Å². The van der Waals surface area contributed by atoms with Crippen LogP contribution in [-0.4, -0.2) is 32.2 Å². The Kier molecular flexibility index (Phi) is 5.80. The summed E-state index contributed by atoms with van der Waals surface area (Å²) in [5, 5.41) is 24.3. The summed E-state index contributed by atoms with van der Waals surface area (Å²) in [7, 11) is 0. The largest absolute Gasteiger partial charge is 0.374 e. The van der Waals surface area contributed by atoms with Gasteiger partial charge in [0.2, 0.25) is 0 Å². The fraction of sp³-hybridized carbons (Fsp3) is 0.227. The fourth-order valence-electron chi connectivity index (χ4n) is 3.32. The van der Waals surface area contributed by atoms with Crippen LogP contribution in [0.5, 0.6) is 0 Å². The summed E-state index contributed by atoms with van der Waals surface area (Å²) >= 11 is 7.36. The van der Waals surface area contributed by atoms with E-state index >= 15 is 0 Å². The summed E-state index contributed by atoms with van der Waals surface area (Å²) in [6.45, 7) is 6.44. The number of aromatic nitrogens is 1. The zero-order valence-electron chi connectivity index (χ0n) is 17.0. The topological polar surface area (TPSA) is 72.8 Å². The average Bonchev–Trinajstić information content (AvgIpc) is 2.91. The zero-order valence-corrected chi connectivity index (χ0v) is 18.6. The predicted molar refractivity (Wildman–Crippen MR) is 127 cm³/mol. The second-order valence-electron chi connectivity index (χ2n) is 7.18. The molecule has 3 heterocycles. The molecule has 1 aliphatic rings. The first-order chi connectivity index (χ1) is 14.4. The zero-order chi connectivity index (χ0) is 21.3. The van der Waals surface area contributed by atoms with E-state index in [1.54, 1.807) is 24.5 Å². The lowest BCUT2D eigenvalue weighted by Crippen LogP contribution is -2.29. The molecule has 0 fully saturated rings. The monoisotopic (exact) mass is 437 g/mol. The van der Waals surface area contributed by atoms with Crippen LogP contribution in [0, 0.1) is 13.8 Å². The van der Waals surface area contributed by atoms with E-state index in [0.717, 1.165) is 33.1 Å². The van der Waals surface area contributed by atoms with Crippen LogP contribution in [0.25, 0.3) is 0 Å². The number of hydrogen-bond donors (Lipinski definition) is 3. The molecule has 2 aromatic heterocycles. The van der Waals surface area contributed by atoms with Crippen LogP contribution in [0.4, 0.5) is 10.7 Å². The van der Waals surface area contributed by atoms with E-state index in [9.17, 15) is 5.11 Å². The number of pyridine rings is 1. The number of nitrogens with one attached hydrogen (secondary N) is 2. The van der Waals surface area contributed by atoms with Crippen molar-refractivity contribution in [3.63, 3.8) is 0 Å². The van der Waals surface area contributed by atoms with E-state index in [4.69, 9.17) is 17.3 Å². The third kappa shape index (κ3) is 4.21. The molecule has 1 aliphatic heterocycles. The molecule has 4 rings (SSSR count). The smallest absolute Gasteiger partial charge is 0.195 e. The van der Waals surface area contributed by atoms with Gasteiger partial charge in [0.05, 0.1) is 6.54 Å². The minimum Gasteiger partial charge on any atom is -0.374 e. The van der Waals surface area contributed by atoms with Crippen molar-refractivity contribution in [1.29, 1.82) is 0 Å². The van der Waals surface area contributed by atoms with Crippen molar-refractivity contribution in [2.75, 3.05) is 10.6 Å². The van der Waals surface area contributed by atoms with Crippen molar-refractivity contribution in [2.45, 2.75) is 33.5 Å². The van der Waals surface area contributed by atoms with Gasteiger partial charge in [0, 0.05) is 34.1 Å². The molecule has 0 aliphatic carbocycles. The molecular weight excluding hydrogens is 414 g/mol. The fourth-order valence-corrected chi connectivity index (χ4v) is 4.65. The minimum absolute atomic E-state index is 0.526. The lowest BCUT2D eigenvalue weighted by molar-refractivity contribution is 0.224. The third-order valence-corrected chi connectivity index (χ3v) is 6.32. The molecule has 1 unspecified atom stereocenters. The first-order valence-electron chi connectivity index (χ1n) is 9.64. The Morgan fingerprint density at radius 2 is 2.00 bits per heavy atom. The standard InChI is InChI=1S/C22H23N5OS2/c1-13-14(2)30-21-19(13)20(17-6-8-18(9-7-17)24-15(3)28)26-27(22(29)25-21)12-16-5-4-10-23-11-16/h4-11,15,24,28H,12H2,1-3H3,(H,25,29). The molecule has 8 heteroatoms. The molecule has 0 saturated heterocycles. The highest BCUT2D eigenvalue weighted by Crippen LogP contribution is 2.36. The van der Waals surface area contributed by atoms with Gasteiger partial charge in [0.25, 0.3) is 0 Å². The van der Waals surface area contributed by atoms with Gasteiger partial charge < -0.3 is 15.7 Å². The van der Waals surface area contributed by atoms with Crippen LogP contribution >= 0.6 is 23.6 Å². The second kappa shape index (κ2) is 8.51. The van der Waals surface area contributed by atoms with E-state index in [2.05, 4.69) is 29.5 Å². The number of hydrazone groups is 1. The summed E-state index contributed by atoms with van der Waals surface area (Å²) in [6.07, 6.45) is 2.96.